The van der Waals surface area contributed by atoms with Crippen molar-refractivity contribution in [3.63, 3.8) is 0 Å². The Kier molecular flexibility index (Phi) is 51.9. The molecule has 0 spiro atoms. The minimum Gasteiger partial charge on any atom is -0.466 e. The number of esters is 1. The Hall–Kier alpha value is -2.12. The van der Waals surface area contributed by atoms with Crippen LogP contribution in [0.3, 0.4) is 0 Å². The first-order valence-electron chi connectivity index (χ1n) is 32.3. The summed E-state index contributed by atoms with van der Waals surface area (Å²) in [5.74, 6) is -0.195. The van der Waals surface area contributed by atoms with Crippen molar-refractivity contribution in [3.8, 4) is 0 Å². The van der Waals surface area contributed by atoms with Crippen LogP contribution >= 0.6 is 0 Å². The number of allylic oxidation sites excluding steroid dienone is 5. The highest BCUT2D eigenvalue weighted by Gasteiger charge is 2.44. The van der Waals surface area contributed by atoms with Crippen LogP contribution in [-0.2, 0) is 23.8 Å². The predicted molar refractivity (Wildman–Crippen MR) is 315 cm³/mol. The average molecular weight is 1080 g/mol. The maximum Gasteiger partial charge on any atom is 0.305 e. The molecule has 1 aliphatic rings. The highest BCUT2D eigenvalue weighted by atomic mass is 16.7. The van der Waals surface area contributed by atoms with Crippen LogP contribution in [0.1, 0.15) is 303 Å². The van der Waals surface area contributed by atoms with Crippen LogP contribution in [0, 0.1) is 0 Å². The van der Waals surface area contributed by atoms with E-state index < -0.39 is 49.5 Å². The van der Waals surface area contributed by atoms with Crippen LogP contribution in [-0.4, -0.2) is 100 Å². The maximum absolute atomic E-state index is 13.0. The minimum absolute atomic E-state index is 0.000693. The van der Waals surface area contributed by atoms with Gasteiger partial charge in [-0.3, -0.25) is 9.59 Å². The van der Waals surface area contributed by atoms with Crippen LogP contribution in [0.15, 0.2) is 36.5 Å². The van der Waals surface area contributed by atoms with Gasteiger partial charge in [-0.05, 0) is 70.6 Å². The fourth-order valence-corrected chi connectivity index (χ4v) is 10.1. The Morgan fingerprint density at radius 3 is 1.30 bits per heavy atom. The number of hydrogen-bond donors (Lipinski definition) is 6. The van der Waals surface area contributed by atoms with Gasteiger partial charge in [0.15, 0.2) is 6.29 Å². The van der Waals surface area contributed by atoms with Crippen LogP contribution in [0.4, 0.5) is 0 Å². The van der Waals surface area contributed by atoms with E-state index in [4.69, 9.17) is 14.2 Å². The summed E-state index contributed by atoms with van der Waals surface area (Å²) in [5, 5.41) is 54.4. The molecular weight excluding hydrogens is 955 g/mol. The summed E-state index contributed by atoms with van der Waals surface area (Å²) >= 11 is 0. The molecule has 1 heterocycles. The molecule has 76 heavy (non-hydrogen) atoms. The Labute approximate surface area is 466 Å². The van der Waals surface area contributed by atoms with E-state index in [9.17, 15) is 35.1 Å². The lowest BCUT2D eigenvalue weighted by molar-refractivity contribution is -0.302. The molecule has 7 atom stereocenters. The highest BCUT2D eigenvalue weighted by Crippen LogP contribution is 2.23. The number of hydrogen-bond acceptors (Lipinski definition) is 10. The number of nitrogens with one attached hydrogen (secondary N) is 1. The van der Waals surface area contributed by atoms with Crippen molar-refractivity contribution >= 4 is 11.9 Å². The molecule has 0 aromatic heterocycles. The van der Waals surface area contributed by atoms with Gasteiger partial charge in [0, 0.05) is 12.8 Å². The highest BCUT2D eigenvalue weighted by molar-refractivity contribution is 5.76. The van der Waals surface area contributed by atoms with Crippen LogP contribution in [0.25, 0.3) is 0 Å². The van der Waals surface area contributed by atoms with Crippen molar-refractivity contribution in [2.75, 3.05) is 19.8 Å². The smallest absolute Gasteiger partial charge is 0.305 e. The Morgan fingerprint density at radius 2 is 0.855 bits per heavy atom. The summed E-state index contributed by atoms with van der Waals surface area (Å²) in [4.78, 5) is 25.1. The van der Waals surface area contributed by atoms with Gasteiger partial charge in [0.1, 0.15) is 24.4 Å². The molecule has 11 heteroatoms. The topological polar surface area (TPSA) is 175 Å². The maximum atomic E-state index is 13.0. The molecule has 0 saturated carbocycles. The molecule has 1 aliphatic heterocycles. The number of unbranched alkanes of at least 4 members (excludes halogenated alkanes) is 38. The van der Waals surface area contributed by atoms with E-state index in [1.165, 1.54) is 205 Å². The normalized spacial score (nSPS) is 18.9. The standard InChI is InChI=1S/C65H121NO10/c1-3-5-7-9-11-13-15-28-32-35-39-43-47-51-58(68)57(56-75-65-64(73)63(72)62(71)59(55-67)76-65)66-60(69)52-48-44-40-36-33-29-26-24-22-20-18-16-17-19-21-23-25-27-30-34-38-42-46-50-54-74-61(70)53-49-45-41-37-31-14-12-10-8-6-4-2/h18,20,32,35,47,51,57-59,62-65,67-68,71-73H,3-17,19,21-31,33-34,36-46,48-50,52-56H2,1-2H3,(H,66,69)/b20-18-,35-32+,51-47+. The number of aliphatic hydroxyl groups is 5. The zero-order chi connectivity index (χ0) is 55.2. The fourth-order valence-electron chi connectivity index (χ4n) is 10.1. The number of carbonyl (C=O) groups excluding carboxylic acids is 2. The number of amides is 1. The predicted octanol–water partition coefficient (Wildman–Crippen LogP) is 15.5. The number of aliphatic hydroxyl groups excluding tert-OH is 5. The molecule has 1 fully saturated rings. The zero-order valence-electron chi connectivity index (χ0n) is 49.2. The van der Waals surface area contributed by atoms with Gasteiger partial charge in [0.05, 0.1) is 32.0 Å². The SMILES string of the molecule is CCCCCCCCC/C=C/CC/C=C/C(O)C(COC1OC(CO)C(O)C(O)C1O)NC(=O)CCCCCCCCCC/C=C\CCCCCCCCCCCCCCOC(=O)CCCCCCCCCCCCC. The van der Waals surface area contributed by atoms with E-state index in [-0.39, 0.29) is 18.5 Å². The third-order valence-corrected chi connectivity index (χ3v) is 15.2. The lowest BCUT2D eigenvalue weighted by Crippen LogP contribution is -2.60. The van der Waals surface area contributed by atoms with E-state index >= 15 is 0 Å². The molecule has 0 aromatic carbocycles. The van der Waals surface area contributed by atoms with Gasteiger partial charge in [0.25, 0.3) is 0 Å². The molecule has 0 aliphatic carbocycles. The van der Waals surface area contributed by atoms with Crippen molar-refractivity contribution in [2.24, 2.45) is 0 Å². The summed E-state index contributed by atoms with van der Waals surface area (Å²) < 4.78 is 16.7. The monoisotopic (exact) mass is 1080 g/mol. The second-order valence-corrected chi connectivity index (χ2v) is 22.5. The molecule has 0 aromatic rings. The zero-order valence-corrected chi connectivity index (χ0v) is 49.2. The Bertz CT molecular complexity index is 1360. The van der Waals surface area contributed by atoms with Gasteiger partial charge in [-0.2, -0.15) is 0 Å². The minimum atomic E-state index is -1.58. The van der Waals surface area contributed by atoms with Gasteiger partial charge >= 0.3 is 5.97 Å². The molecule has 0 bridgehead atoms. The van der Waals surface area contributed by atoms with E-state index in [1.807, 2.05) is 6.08 Å². The quantitative estimate of drug-likeness (QED) is 0.0195. The second-order valence-electron chi connectivity index (χ2n) is 22.5. The van der Waals surface area contributed by atoms with Gasteiger partial charge < -0.3 is 45.1 Å². The fraction of sp³-hybridized carbons (Fsp3) is 0.877. The van der Waals surface area contributed by atoms with E-state index in [1.54, 1.807) is 6.08 Å². The molecule has 1 amide bonds. The molecule has 11 nitrogen and oxygen atoms in total. The molecule has 0 radical (unpaired) electrons. The van der Waals surface area contributed by atoms with Crippen molar-refractivity contribution in [2.45, 2.75) is 346 Å². The first-order valence-corrected chi connectivity index (χ1v) is 32.3. The molecule has 6 N–H and O–H groups in total. The first-order chi connectivity index (χ1) is 37.2. The summed E-state index contributed by atoms with van der Waals surface area (Å²) in [6.45, 7) is 4.33. The molecule has 1 saturated heterocycles. The van der Waals surface area contributed by atoms with Gasteiger partial charge in [-0.15, -0.1) is 0 Å². The van der Waals surface area contributed by atoms with Crippen molar-refractivity contribution in [3.05, 3.63) is 36.5 Å². The third-order valence-electron chi connectivity index (χ3n) is 15.2. The van der Waals surface area contributed by atoms with Crippen molar-refractivity contribution < 1.29 is 49.3 Å². The summed E-state index contributed by atoms with van der Waals surface area (Å²) in [6.07, 6.45) is 58.2. The second kappa shape index (κ2) is 54.8. The molecule has 446 valence electrons. The summed E-state index contributed by atoms with van der Waals surface area (Å²) in [7, 11) is 0. The van der Waals surface area contributed by atoms with Crippen LogP contribution in [0.5, 0.6) is 0 Å². The van der Waals surface area contributed by atoms with Crippen LogP contribution in [0.2, 0.25) is 0 Å². The summed E-state index contributed by atoms with van der Waals surface area (Å²) in [5.41, 5.74) is 0. The van der Waals surface area contributed by atoms with E-state index in [2.05, 4.69) is 43.5 Å². The van der Waals surface area contributed by atoms with E-state index in [0.29, 0.717) is 19.4 Å². The van der Waals surface area contributed by atoms with Gasteiger partial charge in [-0.25, -0.2) is 0 Å². The number of carbonyl (C=O) groups is 2. The van der Waals surface area contributed by atoms with E-state index in [0.717, 1.165) is 70.6 Å². The third kappa shape index (κ3) is 43.7. The summed E-state index contributed by atoms with van der Waals surface area (Å²) in [6, 6.07) is -0.831. The average Bonchev–Trinajstić information content (AvgIpc) is 3.42. The van der Waals surface area contributed by atoms with Gasteiger partial charge in [-0.1, -0.05) is 256 Å². The van der Waals surface area contributed by atoms with Gasteiger partial charge in [0.2, 0.25) is 5.91 Å². The van der Waals surface area contributed by atoms with Crippen molar-refractivity contribution in [1.29, 1.82) is 0 Å². The Morgan fingerprint density at radius 1 is 0.474 bits per heavy atom. The largest absolute Gasteiger partial charge is 0.466 e. The van der Waals surface area contributed by atoms with Crippen LogP contribution < -0.4 is 5.32 Å². The lowest BCUT2D eigenvalue weighted by atomic mass is 9.99. The Balaban J connectivity index is 2.05. The number of rotatable bonds is 56. The van der Waals surface area contributed by atoms with Crippen molar-refractivity contribution in [1.82, 2.24) is 5.32 Å². The lowest BCUT2D eigenvalue weighted by Gasteiger charge is -2.40. The molecule has 7 unspecified atom stereocenters. The molecular formula is C65H121NO10. The first kappa shape index (κ1) is 71.9. The molecule has 1 rings (SSSR count). The number of ether oxygens (including phenoxy) is 3.